The molecule has 0 amide bonds. The highest BCUT2D eigenvalue weighted by molar-refractivity contribution is 9.10. The van der Waals surface area contributed by atoms with Crippen LogP contribution in [0.15, 0.2) is 46.9 Å². The van der Waals surface area contributed by atoms with E-state index < -0.39 is 0 Å². The molecule has 2 unspecified atom stereocenters. The van der Waals surface area contributed by atoms with E-state index in [0.29, 0.717) is 0 Å². The first kappa shape index (κ1) is 16.4. The Morgan fingerprint density at radius 2 is 1.62 bits per heavy atom. The van der Waals surface area contributed by atoms with Crippen molar-refractivity contribution >= 4 is 15.9 Å². The monoisotopic (exact) mass is 382 g/mol. The van der Waals surface area contributed by atoms with Crippen molar-refractivity contribution in [2.75, 3.05) is 0 Å². The van der Waals surface area contributed by atoms with E-state index in [1.165, 1.54) is 41.3 Å². The largest absolute Gasteiger partial charge is 0.0648 e. The third-order valence-electron chi connectivity index (χ3n) is 7.24. The van der Waals surface area contributed by atoms with Crippen LogP contribution in [0, 0.1) is 10.8 Å². The van der Waals surface area contributed by atoms with Gasteiger partial charge in [0.1, 0.15) is 0 Å². The summed E-state index contributed by atoms with van der Waals surface area (Å²) >= 11 is 3.76. The SMILES string of the molecule is CCC1(C)CCCC(C)(C)C12c1ccccc1-c1ccc(Br)cc12. The van der Waals surface area contributed by atoms with Crippen molar-refractivity contribution in [3.8, 4) is 11.1 Å². The minimum Gasteiger partial charge on any atom is -0.0648 e. The molecular weight excluding hydrogens is 356 g/mol. The molecular formula is C23H27Br. The van der Waals surface area contributed by atoms with Gasteiger partial charge >= 0.3 is 0 Å². The third kappa shape index (κ3) is 1.80. The van der Waals surface area contributed by atoms with E-state index in [4.69, 9.17) is 0 Å². The van der Waals surface area contributed by atoms with Gasteiger partial charge in [-0.05, 0) is 64.5 Å². The molecule has 24 heavy (non-hydrogen) atoms. The van der Waals surface area contributed by atoms with E-state index in [-0.39, 0.29) is 16.2 Å². The lowest BCUT2D eigenvalue weighted by molar-refractivity contribution is -0.00729. The molecule has 0 saturated heterocycles. The first-order valence-electron chi connectivity index (χ1n) is 9.27. The number of benzene rings is 2. The first-order valence-corrected chi connectivity index (χ1v) is 10.1. The van der Waals surface area contributed by atoms with E-state index in [9.17, 15) is 0 Å². The topological polar surface area (TPSA) is 0 Å². The molecule has 0 N–H and O–H groups in total. The maximum Gasteiger partial charge on any atom is 0.0319 e. The van der Waals surface area contributed by atoms with Crippen molar-refractivity contribution < 1.29 is 0 Å². The van der Waals surface area contributed by atoms with Gasteiger partial charge in [0.05, 0.1) is 0 Å². The van der Waals surface area contributed by atoms with Gasteiger partial charge in [-0.1, -0.05) is 80.4 Å². The lowest BCUT2D eigenvalue weighted by atomic mass is 9.43. The standard InChI is InChI=1S/C23H27Br/c1-5-22(4)14-8-13-21(2,3)23(22)19-10-7-6-9-17(19)18-12-11-16(24)15-20(18)23/h6-7,9-12,15H,5,8,13-14H2,1-4H3. The van der Waals surface area contributed by atoms with E-state index >= 15 is 0 Å². The fourth-order valence-electron chi connectivity index (χ4n) is 6.19. The zero-order valence-electron chi connectivity index (χ0n) is 15.2. The molecule has 1 spiro atoms. The molecule has 4 rings (SSSR count). The first-order chi connectivity index (χ1) is 11.4. The van der Waals surface area contributed by atoms with Crippen molar-refractivity contribution in [1.29, 1.82) is 0 Å². The van der Waals surface area contributed by atoms with Gasteiger partial charge in [-0.25, -0.2) is 0 Å². The van der Waals surface area contributed by atoms with Crippen LogP contribution in [0.4, 0.5) is 0 Å². The Morgan fingerprint density at radius 3 is 2.38 bits per heavy atom. The van der Waals surface area contributed by atoms with Crippen LogP contribution in [0.2, 0.25) is 0 Å². The predicted octanol–water partition coefficient (Wildman–Crippen LogP) is 7.34. The maximum atomic E-state index is 3.76. The molecule has 0 radical (unpaired) electrons. The summed E-state index contributed by atoms with van der Waals surface area (Å²) in [5.41, 5.74) is 6.65. The van der Waals surface area contributed by atoms with Crippen LogP contribution in [0.1, 0.15) is 64.5 Å². The highest BCUT2D eigenvalue weighted by Gasteiger charge is 2.63. The van der Waals surface area contributed by atoms with Crippen molar-refractivity contribution in [3.05, 3.63) is 58.1 Å². The number of halogens is 1. The fraction of sp³-hybridized carbons (Fsp3) is 0.478. The van der Waals surface area contributed by atoms with Gasteiger partial charge in [0.25, 0.3) is 0 Å². The van der Waals surface area contributed by atoms with Gasteiger partial charge in [-0.2, -0.15) is 0 Å². The maximum absolute atomic E-state index is 3.76. The minimum atomic E-state index is 0.0999. The van der Waals surface area contributed by atoms with E-state index in [1.54, 1.807) is 11.1 Å². The van der Waals surface area contributed by atoms with Crippen molar-refractivity contribution in [3.63, 3.8) is 0 Å². The van der Waals surface area contributed by atoms with Gasteiger partial charge in [0, 0.05) is 9.89 Å². The fourth-order valence-corrected chi connectivity index (χ4v) is 6.55. The van der Waals surface area contributed by atoms with Crippen LogP contribution in [-0.4, -0.2) is 0 Å². The molecule has 0 heterocycles. The molecule has 1 fully saturated rings. The summed E-state index contributed by atoms with van der Waals surface area (Å²) in [5, 5.41) is 0. The second kappa shape index (κ2) is 5.21. The lowest BCUT2D eigenvalue weighted by Gasteiger charge is -2.60. The van der Waals surface area contributed by atoms with Crippen LogP contribution in [0.5, 0.6) is 0 Å². The van der Waals surface area contributed by atoms with Crippen molar-refractivity contribution in [2.45, 2.75) is 58.8 Å². The molecule has 2 aromatic carbocycles. The lowest BCUT2D eigenvalue weighted by Crippen LogP contribution is -2.56. The molecule has 0 bridgehead atoms. The Hall–Kier alpha value is -1.08. The average molecular weight is 383 g/mol. The Kier molecular flexibility index (Phi) is 3.56. The normalized spacial score (nSPS) is 30.2. The van der Waals surface area contributed by atoms with Gasteiger partial charge in [-0.3, -0.25) is 0 Å². The van der Waals surface area contributed by atoms with Gasteiger partial charge in [-0.15, -0.1) is 0 Å². The number of hydrogen-bond acceptors (Lipinski definition) is 0. The van der Waals surface area contributed by atoms with Crippen LogP contribution >= 0.6 is 15.9 Å². The summed E-state index contributed by atoms with van der Waals surface area (Å²) in [7, 11) is 0. The van der Waals surface area contributed by atoms with Crippen molar-refractivity contribution in [1.82, 2.24) is 0 Å². The van der Waals surface area contributed by atoms with Crippen molar-refractivity contribution in [2.24, 2.45) is 10.8 Å². The summed E-state index contributed by atoms with van der Waals surface area (Å²) in [5.74, 6) is 0. The number of rotatable bonds is 1. The predicted molar refractivity (Wildman–Crippen MR) is 106 cm³/mol. The average Bonchev–Trinajstić information content (AvgIpc) is 2.84. The Labute approximate surface area is 154 Å². The Bertz CT molecular complexity index is 803. The molecule has 0 aliphatic heterocycles. The van der Waals surface area contributed by atoms with Gasteiger partial charge in [0.2, 0.25) is 0 Å². The zero-order valence-corrected chi connectivity index (χ0v) is 16.8. The molecule has 2 aliphatic carbocycles. The van der Waals surface area contributed by atoms with Crippen LogP contribution in [-0.2, 0) is 5.41 Å². The van der Waals surface area contributed by atoms with E-state index in [1.807, 2.05) is 0 Å². The highest BCUT2D eigenvalue weighted by atomic mass is 79.9. The second-order valence-electron chi connectivity index (χ2n) is 8.64. The number of fused-ring (bicyclic) bond motifs is 5. The zero-order chi connectivity index (χ0) is 17.2. The summed E-state index contributed by atoms with van der Waals surface area (Å²) in [6.07, 6.45) is 5.16. The molecule has 0 aromatic heterocycles. The molecule has 2 aromatic rings. The Balaban J connectivity index is 2.18. The quantitative estimate of drug-likeness (QED) is 0.483. The summed E-state index contributed by atoms with van der Waals surface area (Å²) in [6, 6.07) is 16.1. The number of hydrogen-bond donors (Lipinski definition) is 0. The van der Waals surface area contributed by atoms with E-state index in [2.05, 4.69) is 86.1 Å². The summed E-state index contributed by atoms with van der Waals surface area (Å²) in [6.45, 7) is 9.95. The van der Waals surface area contributed by atoms with Crippen LogP contribution < -0.4 is 0 Å². The highest BCUT2D eigenvalue weighted by Crippen LogP contribution is 2.70. The Morgan fingerprint density at radius 1 is 0.917 bits per heavy atom. The molecule has 2 atom stereocenters. The second-order valence-corrected chi connectivity index (χ2v) is 9.55. The molecule has 126 valence electrons. The van der Waals surface area contributed by atoms with Gasteiger partial charge < -0.3 is 0 Å². The summed E-state index contributed by atoms with van der Waals surface area (Å²) in [4.78, 5) is 0. The van der Waals surface area contributed by atoms with Gasteiger partial charge in [0.15, 0.2) is 0 Å². The molecule has 1 heteroatoms. The molecule has 0 nitrogen and oxygen atoms in total. The summed E-state index contributed by atoms with van der Waals surface area (Å²) < 4.78 is 1.20. The minimum absolute atomic E-state index is 0.0999. The third-order valence-corrected chi connectivity index (χ3v) is 7.73. The van der Waals surface area contributed by atoms with E-state index in [0.717, 1.165) is 0 Å². The smallest absolute Gasteiger partial charge is 0.0319 e. The molecule has 2 aliphatic rings. The van der Waals surface area contributed by atoms with Crippen LogP contribution in [0.25, 0.3) is 11.1 Å². The van der Waals surface area contributed by atoms with Crippen LogP contribution in [0.3, 0.4) is 0 Å². The molecule has 1 saturated carbocycles.